The van der Waals surface area contributed by atoms with E-state index in [9.17, 15) is 4.79 Å². The molecule has 102 valence electrons. The molecule has 1 heterocycles. The van der Waals surface area contributed by atoms with Crippen LogP contribution in [0.1, 0.15) is 39.4 Å². The van der Waals surface area contributed by atoms with Gasteiger partial charge in [0, 0.05) is 25.4 Å². The third-order valence-corrected chi connectivity index (χ3v) is 2.60. The van der Waals surface area contributed by atoms with E-state index >= 15 is 0 Å². The van der Waals surface area contributed by atoms with Crippen molar-refractivity contribution in [1.82, 2.24) is 5.32 Å². The van der Waals surface area contributed by atoms with Gasteiger partial charge in [-0.3, -0.25) is 4.79 Å². The summed E-state index contributed by atoms with van der Waals surface area (Å²) in [6.45, 7) is 6.97. The van der Waals surface area contributed by atoms with Crippen LogP contribution in [0.25, 0.3) is 0 Å². The van der Waals surface area contributed by atoms with Crippen LogP contribution in [-0.2, 0) is 11.2 Å². The molecule has 0 fully saturated rings. The van der Waals surface area contributed by atoms with Gasteiger partial charge in [0.2, 0.25) is 5.91 Å². The summed E-state index contributed by atoms with van der Waals surface area (Å²) in [5.74, 6) is 0.896. The molecular weight excluding hydrogens is 228 g/mol. The number of nitrogens with two attached hydrogens (primary N) is 1. The fourth-order valence-corrected chi connectivity index (χ4v) is 1.95. The maximum absolute atomic E-state index is 11.6. The van der Waals surface area contributed by atoms with Crippen molar-refractivity contribution in [2.75, 3.05) is 6.54 Å². The summed E-state index contributed by atoms with van der Waals surface area (Å²) in [6, 6.07) is 3.67. The minimum absolute atomic E-state index is 0.0123. The average molecular weight is 252 g/mol. The SMILES string of the molecule is CC(C)(C)CC(N)CC(=O)NCCc1ccco1. The van der Waals surface area contributed by atoms with Gasteiger partial charge in [-0.05, 0) is 24.0 Å². The monoisotopic (exact) mass is 252 g/mol. The van der Waals surface area contributed by atoms with Gasteiger partial charge in [-0.2, -0.15) is 0 Å². The van der Waals surface area contributed by atoms with E-state index in [1.807, 2.05) is 12.1 Å². The van der Waals surface area contributed by atoms with Gasteiger partial charge in [0.25, 0.3) is 0 Å². The molecule has 0 aliphatic carbocycles. The van der Waals surface area contributed by atoms with Crippen LogP contribution in [0.2, 0.25) is 0 Å². The van der Waals surface area contributed by atoms with Gasteiger partial charge in [-0.15, -0.1) is 0 Å². The van der Waals surface area contributed by atoms with Crippen molar-refractivity contribution < 1.29 is 9.21 Å². The number of amides is 1. The molecule has 1 unspecified atom stereocenters. The van der Waals surface area contributed by atoms with E-state index in [4.69, 9.17) is 10.2 Å². The molecule has 1 rings (SSSR count). The van der Waals surface area contributed by atoms with Crippen LogP contribution in [0.4, 0.5) is 0 Å². The number of hydrogen-bond donors (Lipinski definition) is 2. The van der Waals surface area contributed by atoms with Crippen molar-refractivity contribution in [3.8, 4) is 0 Å². The lowest BCUT2D eigenvalue weighted by atomic mass is 9.87. The van der Waals surface area contributed by atoms with E-state index in [-0.39, 0.29) is 17.4 Å². The van der Waals surface area contributed by atoms with Gasteiger partial charge >= 0.3 is 0 Å². The van der Waals surface area contributed by atoms with Crippen LogP contribution in [0.15, 0.2) is 22.8 Å². The van der Waals surface area contributed by atoms with E-state index < -0.39 is 0 Å². The Kier molecular flexibility index (Phi) is 5.41. The average Bonchev–Trinajstić information content (AvgIpc) is 2.66. The lowest BCUT2D eigenvalue weighted by Crippen LogP contribution is -2.34. The van der Waals surface area contributed by atoms with E-state index in [0.717, 1.165) is 12.2 Å². The molecule has 0 saturated carbocycles. The summed E-state index contributed by atoms with van der Waals surface area (Å²) in [5, 5.41) is 2.86. The molecule has 0 radical (unpaired) electrons. The minimum atomic E-state index is -0.0754. The van der Waals surface area contributed by atoms with E-state index in [1.54, 1.807) is 6.26 Å². The zero-order valence-corrected chi connectivity index (χ0v) is 11.5. The largest absolute Gasteiger partial charge is 0.469 e. The van der Waals surface area contributed by atoms with Gasteiger partial charge in [-0.1, -0.05) is 20.8 Å². The molecule has 4 nitrogen and oxygen atoms in total. The number of carbonyl (C=O) groups excluding carboxylic acids is 1. The maximum Gasteiger partial charge on any atom is 0.221 e. The molecule has 0 aliphatic heterocycles. The van der Waals surface area contributed by atoms with Crippen LogP contribution in [0, 0.1) is 5.41 Å². The van der Waals surface area contributed by atoms with Crippen molar-refractivity contribution in [3.05, 3.63) is 24.2 Å². The Morgan fingerprint density at radius 2 is 2.22 bits per heavy atom. The third-order valence-electron chi connectivity index (χ3n) is 2.60. The molecule has 1 aromatic heterocycles. The number of rotatable bonds is 6. The first-order valence-electron chi connectivity index (χ1n) is 6.41. The van der Waals surface area contributed by atoms with Gasteiger partial charge in [0.05, 0.1) is 6.26 Å². The van der Waals surface area contributed by atoms with E-state index in [1.165, 1.54) is 0 Å². The lowest BCUT2D eigenvalue weighted by molar-refractivity contribution is -0.121. The second-order valence-electron chi connectivity index (χ2n) is 5.91. The molecule has 18 heavy (non-hydrogen) atoms. The first kappa shape index (κ1) is 14.8. The van der Waals surface area contributed by atoms with Gasteiger partial charge < -0.3 is 15.5 Å². The summed E-state index contributed by atoms with van der Waals surface area (Å²) in [7, 11) is 0. The zero-order chi connectivity index (χ0) is 13.6. The second kappa shape index (κ2) is 6.59. The molecule has 3 N–H and O–H groups in total. The molecule has 1 atom stereocenters. The molecule has 1 aromatic rings. The summed E-state index contributed by atoms with van der Waals surface area (Å²) in [4.78, 5) is 11.6. The molecule has 1 amide bonds. The van der Waals surface area contributed by atoms with Crippen molar-refractivity contribution in [1.29, 1.82) is 0 Å². The Labute approximate surface area is 109 Å². The highest BCUT2D eigenvalue weighted by Gasteiger charge is 2.17. The highest BCUT2D eigenvalue weighted by molar-refractivity contribution is 5.76. The molecular formula is C14H24N2O2. The predicted octanol–water partition coefficient (Wildman–Crippen LogP) is 2.09. The Bertz CT molecular complexity index is 352. The Hall–Kier alpha value is -1.29. The standard InChI is InChI=1S/C14H24N2O2/c1-14(2,3)10-11(15)9-13(17)16-7-6-12-5-4-8-18-12/h4-5,8,11H,6-7,9-10,15H2,1-3H3,(H,16,17). The van der Waals surface area contributed by atoms with Crippen LogP contribution in [0.3, 0.4) is 0 Å². The summed E-state index contributed by atoms with van der Waals surface area (Å²) in [5.41, 5.74) is 6.11. The number of hydrogen-bond acceptors (Lipinski definition) is 3. The predicted molar refractivity (Wildman–Crippen MR) is 72.1 cm³/mol. The van der Waals surface area contributed by atoms with Gasteiger partial charge in [0.1, 0.15) is 5.76 Å². The number of carbonyl (C=O) groups is 1. The summed E-state index contributed by atoms with van der Waals surface area (Å²) >= 11 is 0. The highest BCUT2D eigenvalue weighted by atomic mass is 16.3. The van der Waals surface area contributed by atoms with Gasteiger partial charge in [0.15, 0.2) is 0 Å². The maximum atomic E-state index is 11.6. The van der Waals surface area contributed by atoms with Crippen molar-refractivity contribution in [2.45, 2.75) is 46.1 Å². The first-order valence-corrected chi connectivity index (χ1v) is 6.41. The number of furan rings is 1. The Balaban J connectivity index is 2.17. The molecule has 0 spiro atoms. The first-order chi connectivity index (χ1) is 8.37. The normalized spacial score (nSPS) is 13.3. The second-order valence-corrected chi connectivity index (χ2v) is 5.91. The summed E-state index contributed by atoms with van der Waals surface area (Å²) in [6.07, 6.45) is 3.58. The Morgan fingerprint density at radius 3 is 2.78 bits per heavy atom. The molecule has 0 saturated heterocycles. The number of nitrogens with one attached hydrogen (secondary N) is 1. The van der Waals surface area contributed by atoms with Crippen molar-refractivity contribution in [3.63, 3.8) is 0 Å². The molecule has 0 aliphatic rings. The molecule has 0 aromatic carbocycles. The quantitative estimate of drug-likeness (QED) is 0.814. The van der Waals surface area contributed by atoms with E-state index in [2.05, 4.69) is 26.1 Å². The molecule has 0 bridgehead atoms. The fraction of sp³-hybridized carbons (Fsp3) is 0.643. The lowest BCUT2D eigenvalue weighted by Gasteiger charge is -2.22. The molecule has 4 heteroatoms. The van der Waals surface area contributed by atoms with Crippen LogP contribution in [-0.4, -0.2) is 18.5 Å². The van der Waals surface area contributed by atoms with Crippen molar-refractivity contribution in [2.24, 2.45) is 11.1 Å². The third kappa shape index (κ3) is 6.45. The van der Waals surface area contributed by atoms with Crippen LogP contribution in [0.5, 0.6) is 0 Å². The fourth-order valence-electron chi connectivity index (χ4n) is 1.95. The Morgan fingerprint density at radius 1 is 1.50 bits per heavy atom. The van der Waals surface area contributed by atoms with Crippen LogP contribution < -0.4 is 11.1 Å². The smallest absolute Gasteiger partial charge is 0.221 e. The van der Waals surface area contributed by atoms with Gasteiger partial charge in [-0.25, -0.2) is 0 Å². The topological polar surface area (TPSA) is 68.3 Å². The van der Waals surface area contributed by atoms with Crippen LogP contribution >= 0.6 is 0 Å². The summed E-state index contributed by atoms with van der Waals surface area (Å²) < 4.78 is 5.19. The zero-order valence-electron chi connectivity index (χ0n) is 11.5. The minimum Gasteiger partial charge on any atom is -0.469 e. The van der Waals surface area contributed by atoms with Crippen molar-refractivity contribution >= 4 is 5.91 Å². The van der Waals surface area contributed by atoms with E-state index in [0.29, 0.717) is 19.4 Å². The highest BCUT2D eigenvalue weighted by Crippen LogP contribution is 2.20.